The van der Waals surface area contributed by atoms with E-state index in [1.165, 1.54) is 0 Å². The first-order valence-corrected chi connectivity index (χ1v) is 5.68. The minimum Gasteiger partial charge on any atom is -0.450 e. The van der Waals surface area contributed by atoms with Crippen molar-refractivity contribution in [2.75, 3.05) is 19.0 Å². The van der Waals surface area contributed by atoms with Crippen molar-refractivity contribution in [2.45, 2.75) is 13.5 Å². The number of carbonyl (C=O) groups excluding carboxylic acids is 1. The number of rotatable bonds is 4. The number of ether oxygens (including phenoxy) is 2. The van der Waals surface area contributed by atoms with Crippen molar-refractivity contribution in [3.8, 4) is 0 Å². The lowest BCUT2D eigenvalue weighted by Gasteiger charge is -2.11. The van der Waals surface area contributed by atoms with Crippen LogP contribution in [0.5, 0.6) is 0 Å². The first kappa shape index (κ1) is 13.0. The first-order valence-electron chi connectivity index (χ1n) is 4.89. The van der Waals surface area contributed by atoms with Crippen LogP contribution in [-0.2, 0) is 16.1 Å². The summed E-state index contributed by atoms with van der Waals surface area (Å²) in [7, 11) is 1.60. The van der Waals surface area contributed by atoms with E-state index in [9.17, 15) is 4.79 Å². The molecule has 1 aromatic carbocycles. The summed E-state index contributed by atoms with van der Waals surface area (Å²) >= 11 is 3.40. The summed E-state index contributed by atoms with van der Waals surface area (Å²) in [6.45, 7) is 2.53. The number of halogens is 1. The Labute approximate surface area is 103 Å². The normalized spacial score (nSPS) is 9.94. The maximum atomic E-state index is 11.3. The highest BCUT2D eigenvalue weighted by Crippen LogP contribution is 2.25. The molecule has 0 aliphatic rings. The molecule has 16 heavy (non-hydrogen) atoms. The lowest BCUT2D eigenvalue weighted by atomic mass is 10.2. The monoisotopic (exact) mass is 287 g/mol. The minimum atomic E-state index is -0.460. The quantitative estimate of drug-likeness (QED) is 0.925. The SMILES string of the molecule is CCOC(=O)Nc1cccc(Br)c1COC. The van der Waals surface area contributed by atoms with Crippen LogP contribution in [-0.4, -0.2) is 19.8 Å². The predicted molar refractivity (Wildman–Crippen MR) is 65.5 cm³/mol. The molecule has 5 heteroatoms. The summed E-state index contributed by atoms with van der Waals surface area (Å²) in [5.74, 6) is 0. The summed E-state index contributed by atoms with van der Waals surface area (Å²) in [5.41, 5.74) is 1.58. The summed E-state index contributed by atoms with van der Waals surface area (Å²) in [4.78, 5) is 11.3. The van der Waals surface area contributed by atoms with Gasteiger partial charge in [0.15, 0.2) is 0 Å². The summed E-state index contributed by atoms with van der Waals surface area (Å²) in [5, 5.41) is 2.67. The van der Waals surface area contributed by atoms with Crippen LogP contribution in [0, 0.1) is 0 Å². The van der Waals surface area contributed by atoms with Gasteiger partial charge in [-0.1, -0.05) is 22.0 Å². The van der Waals surface area contributed by atoms with Gasteiger partial charge in [0.25, 0.3) is 0 Å². The molecule has 1 N–H and O–H groups in total. The Morgan fingerprint density at radius 1 is 1.50 bits per heavy atom. The molecule has 1 aromatic rings. The van der Waals surface area contributed by atoms with Crippen molar-refractivity contribution in [1.82, 2.24) is 0 Å². The molecule has 0 radical (unpaired) electrons. The highest BCUT2D eigenvalue weighted by Gasteiger charge is 2.09. The number of nitrogens with one attached hydrogen (secondary N) is 1. The number of carbonyl (C=O) groups is 1. The first-order chi connectivity index (χ1) is 7.69. The fraction of sp³-hybridized carbons (Fsp3) is 0.364. The van der Waals surface area contributed by atoms with Crippen LogP contribution in [0.4, 0.5) is 10.5 Å². The van der Waals surface area contributed by atoms with Crippen molar-refractivity contribution in [2.24, 2.45) is 0 Å². The van der Waals surface area contributed by atoms with Gasteiger partial charge in [-0.25, -0.2) is 4.79 Å². The third-order valence-electron chi connectivity index (χ3n) is 1.92. The average Bonchev–Trinajstić information content (AvgIpc) is 2.23. The van der Waals surface area contributed by atoms with E-state index in [1.54, 1.807) is 20.1 Å². The van der Waals surface area contributed by atoms with Crippen LogP contribution in [0.15, 0.2) is 22.7 Å². The van der Waals surface area contributed by atoms with Crippen LogP contribution < -0.4 is 5.32 Å². The highest BCUT2D eigenvalue weighted by atomic mass is 79.9. The number of anilines is 1. The second-order valence-electron chi connectivity index (χ2n) is 3.04. The molecule has 1 rings (SSSR count). The van der Waals surface area contributed by atoms with Crippen LogP contribution in [0.1, 0.15) is 12.5 Å². The van der Waals surface area contributed by atoms with Crippen molar-refractivity contribution >= 4 is 27.7 Å². The molecule has 0 atom stereocenters. The third kappa shape index (κ3) is 3.50. The smallest absolute Gasteiger partial charge is 0.411 e. The number of methoxy groups -OCH3 is 1. The van der Waals surface area contributed by atoms with Gasteiger partial charge in [0, 0.05) is 17.1 Å². The van der Waals surface area contributed by atoms with Gasteiger partial charge in [0.2, 0.25) is 0 Å². The number of benzene rings is 1. The topological polar surface area (TPSA) is 47.6 Å². The maximum absolute atomic E-state index is 11.3. The molecule has 0 unspecified atom stereocenters. The highest BCUT2D eigenvalue weighted by molar-refractivity contribution is 9.10. The van der Waals surface area contributed by atoms with Gasteiger partial charge in [-0.3, -0.25) is 5.32 Å². The molecule has 1 amide bonds. The van der Waals surface area contributed by atoms with E-state index in [0.29, 0.717) is 18.9 Å². The van der Waals surface area contributed by atoms with Crippen LogP contribution in [0.25, 0.3) is 0 Å². The van der Waals surface area contributed by atoms with Gasteiger partial charge < -0.3 is 9.47 Å². The summed E-state index contributed by atoms with van der Waals surface area (Å²) < 4.78 is 10.8. The van der Waals surface area contributed by atoms with Gasteiger partial charge in [0.1, 0.15) is 0 Å². The lowest BCUT2D eigenvalue weighted by molar-refractivity contribution is 0.167. The Kier molecular flexibility index (Phi) is 5.28. The molecule has 0 aliphatic carbocycles. The van der Waals surface area contributed by atoms with Crippen molar-refractivity contribution in [3.05, 3.63) is 28.2 Å². The third-order valence-corrected chi connectivity index (χ3v) is 2.66. The molecule has 0 bridgehead atoms. The van der Waals surface area contributed by atoms with Crippen LogP contribution >= 0.6 is 15.9 Å². The molecule has 0 aliphatic heterocycles. The molecule has 0 fully saturated rings. The van der Waals surface area contributed by atoms with E-state index in [4.69, 9.17) is 9.47 Å². The van der Waals surface area contributed by atoms with Crippen molar-refractivity contribution in [1.29, 1.82) is 0 Å². The maximum Gasteiger partial charge on any atom is 0.411 e. The minimum absolute atomic E-state index is 0.347. The van der Waals surface area contributed by atoms with Gasteiger partial charge in [0.05, 0.1) is 18.9 Å². The molecule has 0 heterocycles. The van der Waals surface area contributed by atoms with E-state index in [-0.39, 0.29) is 0 Å². The fourth-order valence-corrected chi connectivity index (χ4v) is 1.72. The van der Waals surface area contributed by atoms with Gasteiger partial charge >= 0.3 is 6.09 Å². The zero-order valence-corrected chi connectivity index (χ0v) is 10.8. The van der Waals surface area contributed by atoms with E-state index < -0.39 is 6.09 Å². The predicted octanol–water partition coefficient (Wildman–Crippen LogP) is 3.16. The van der Waals surface area contributed by atoms with Crippen molar-refractivity contribution in [3.63, 3.8) is 0 Å². The number of hydrogen-bond donors (Lipinski definition) is 1. The molecular formula is C11H14BrNO3. The number of amides is 1. The Morgan fingerprint density at radius 2 is 2.25 bits per heavy atom. The molecule has 0 saturated carbocycles. The molecule has 0 aromatic heterocycles. The molecule has 4 nitrogen and oxygen atoms in total. The van der Waals surface area contributed by atoms with Crippen molar-refractivity contribution < 1.29 is 14.3 Å². The second kappa shape index (κ2) is 6.50. The molecule has 0 spiro atoms. The van der Waals surface area contributed by atoms with Crippen LogP contribution in [0.2, 0.25) is 0 Å². The Morgan fingerprint density at radius 3 is 2.88 bits per heavy atom. The molecular weight excluding hydrogens is 274 g/mol. The lowest BCUT2D eigenvalue weighted by Crippen LogP contribution is -2.14. The van der Waals surface area contributed by atoms with E-state index in [2.05, 4.69) is 21.2 Å². The Hall–Kier alpha value is -1.07. The largest absolute Gasteiger partial charge is 0.450 e. The molecule has 0 saturated heterocycles. The van der Waals surface area contributed by atoms with Crippen LogP contribution in [0.3, 0.4) is 0 Å². The van der Waals surface area contributed by atoms with E-state index in [0.717, 1.165) is 10.0 Å². The fourth-order valence-electron chi connectivity index (χ4n) is 1.24. The Balaban J connectivity index is 2.85. The Bertz CT molecular complexity index is 368. The number of hydrogen-bond acceptors (Lipinski definition) is 3. The zero-order valence-electron chi connectivity index (χ0n) is 9.25. The molecule has 88 valence electrons. The standard InChI is InChI=1S/C11H14BrNO3/c1-3-16-11(14)13-10-6-4-5-9(12)8(10)7-15-2/h4-6H,3,7H2,1-2H3,(H,13,14). The van der Waals surface area contributed by atoms with E-state index in [1.807, 2.05) is 12.1 Å². The van der Waals surface area contributed by atoms with E-state index >= 15 is 0 Å². The summed E-state index contributed by atoms with van der Waals surface area (Å²) in [6, 6.07) is 5.53. The summed E-state index contributed by atoms with van der Waals surface area (Å²) in [6.07, 6.45) is -0.460. The second-order valence-corrected chi connectivity index (χ2v) is 3.90. The van der Waals surface area contributed by atoms with Gasteiger partial charge in [-0.2, -0.15) is 0 Å². The zero-order chi connectivity index (χ0) is 12.0. The average molecular weight is 288 g/mol. The van der Waals surface area contributed by atoms with Gasteiger partial charge in [-0.15, -0.1) is 0 Å². The van der Waals surface area contributed by atoms with Gasteiger partial charge in [-0.05, 0) is 19.1 Å².